The van der Waals surface area contributed by atoms with Gasteiger partial charge in [0.15, 0.2) is 0 Å². The van der Waals surface area contributed by atoms with Gasteiger partial charge in [0, 0.05) is 75.9 Å². The number of ether oxygens (including phenoxy) is 1. The van der Waals surface area contributed by atoms with Crippen molar-refractivity contribution >= 4 is 29.3 Å². The van der Waals surface area contributed by atoms with E-state index in [2.05, 4.69) is 20.5 Å². The second-order valence-corrected chi connectivity index (χ2v) is 7.91. The number of nitrogens with zero attached hydrogens (tertiary/aromatic N) is 4. The molecule has 1 aromatic carbocycles. The lowest BCUT2D eigenvalue weighted by molar-refractivity contribution is 0.0731. The summed E-state index contributed by atoms with van der Waals surface area (Å²) >= 11 is 0. The number of carbonyl (C=O) groups excluding carboxylic acids is 3. The van der Waals surface area contributed by atoms with Crippen molar-refractivity contribution < 1.29 is 19.1 Å². The molecule has 0 spiro atoms. The highest BCUT2D eigenvalue weighted by molar-refractivity contribution is 5.99. The van der Waals surface area contributed by atoms with Gasteiger partial charge in [0.25, 0.3) is 11.8 Å². The summed E-state index contributed by atoms with van der Waals surface area (Å²) in [5.41, 5.74) is 2.42. The Morgan fingerprint density at radius 2 is 1.52 bits per heavy atom. The normalized spacial score (nSPS) is 16.3. The van der Waals surface area contributed by atoms with Crippen LogP contribution in [0.3, 0.4) is 0 Å². The first kappa shape index (κ1) is 22.5. The molecule has 10 nitrogen and oxygen atoms in total. The highest BCUT2D eigenvalue weighted by Gasteiger charge is 2.25. The molecule has 0 bridgehead atoms. The van der Waals surface area contributed by atoms with Gasteiger partial charge in [-0.05, 0) is 30.3 Å². The molecule has 4 rings (SSSR count). The molecule has 3 amide bonds. The van der Waals surface area contributed by atoms with Crippen LogP contribution in [0.2, 0.25) is 0 Å². The Kier molecular flexibility index (Phi) is 7.04. The van der Waals surface area contributed by atoms with Gasteiger partial charge in [-0.15, -0.1) is 0 Å². The Bertz CT molecular complexity index is 1000. The van der Waals surface area contributed by atoms with Crippen LogP contribution in [0.1, 0.15) is 20.7 Å². The van der Waals surface area contributed by atoms with E-state index in [1.165, 1.54) is 7.11 Å². The van der Waals surface area contributed by atoms with Crippen LogP contribution in [0.25, 0.3) is 0 Å². The fourth-order valence-electron chi connectivity index (χ4n) is 4.08. The Hall–Kier alpha value is -3.66. The molecule has 0 atom stereocenters. The molecule has 0 unspecified atom stereocenters. The van der Waals surface area contributed by atoms with Crippen LogP contribution < -0.4 is 15.5 Å². The van der Waals surface area contributed by atoms with Crippen LogP contribution in [0.4, 0.5) is 16.2 Å². The topological polar surface area (TPSA) is 107 Å². The van der Waals surface area contributed by atoms with Gasteiger partial charge in [0.2, 0.25) is 0 Å². The average molecular weight is 453 g/mol. The van der Waals surface area contributed by atoms with E-state index in [9.17, 15) is 14.4 Å². The van der Waals surface area contributed by atoms with Gasteiger partial charge >= 0.3 is 6.09 Å². The smallest absolute Gasteiger partial charge is 0.411 e. The molecule has 0 aliphatic carbocycles. The summed E-state index contributed by atoms with van der Waals surface area (Å²) < 4.78 is 4.78. The van der Waals surface area contributed by atoms with E-state index in [1.54, 1.807) is 41.6 Å². The number of hydrogen-bond acceptors (Lipinski definition) is 7. The van der Waals surface area contributed by atoms with E-state index in [1.807, 2.05) is 11.0 Å². The van der Waals surface area contributed by atoms with Gasteiger partial charge in [-0.1, -0.05) is 0 Å². The predicted molar refractivity (Wildman–Crippen MR) is 124 cm³/mol. The molecular weight excluding hydrogens is 424 g/mol. The molecule has 33 heavy (non-hydrogen) atoms. The molecule has 10 heteroatoms. The number of benzene rings is 1. The van der Waals surface area contributed by atoms with Gasteiger partial charge in [-0.25, -0.2) is 4.79 Å². The fourth-order valence-corrected chi connectivity index (χ4v) is 4.08. The summed E-state index contributed by atoms with van der Waals surface area (Å²) in [5.74, 6) is -0.0920. The fraction of sp³-hybridized carbons (Fsp3) is 0.391. The number of piperazine rings is 2. The van der Waals surface area contributed by atoms with Crippen LogP contribution in [0.15, 0.2) is 42.7 Å². The standard InChI is InChI=1S/C23H28N6O4/c1-33-23(32)26-19-16-18(22(31)28-10-8-25-9-11-28)2-3-20(19)27-12-14-29(15-13-27)21(30)17-4-6-24-7-5-17/h2-7,16,25H,8-15H2,1H3,(H,26,32). The lowest BCUT2D eigenvalue weighted by atomic mass is 10.1. The van der Waals surface area contributed by atoms with Gasteiger partial charge < -0.3 is 24.8 Å². The molecule has 2 fully saturated rings. The predicted octanol–water partition coefficient (Wildman–Crippen LogP) is 1.27. The number of nitrogens with one attached hydrogen (secondary N) is 2. The average Bonchev–Trinajstić information content (AvgIpc) is 2.89. The Balaban J connectivity index is 1.50. The van der Waals surface area contributed by atoms with Gasteiger partial charge in [-0.2, -0.15) is 0 Å². The summed E-state index contributed by atoms with van der Waals surface area (Å²) in [4.78, 5) is 47.3. The Labute approximate surface area is 192 Å². The van der Waals surface area contributed by atoms with E-state index < -0.39 is 6.09 Å². The number of aromatic nitrogens is 1. The van der Waals surface area contributed by atoms with E-state index in [0.717, 1.165) is 18.8 Å². The van der Waals surface area contributed by atoms with Crippen LogP contribution in [0, 0.1) is 0 Å². The number of rotatable bonds is 4. The molecule has 174 valence electrons. The number of methoxy groups -OCH3 is 1. The largest absolute Gasteiger partial charge is 0.453 e. The number of hydrogen-bond donors (Lipinski definition) is 2. The molecule has 2 N–H and O–H groups in total. The molecule has 2 aromatic rings. The third kappa shape index (κ3) is 5.23. The van der Waals surface area contributed by atoms with Crippen LogP contribution in [-0.2, 0) is 4.74 Å². The van der Waals surface area contributed by atoms with Crippen LogP contribution in [0.5, 0.6) is 0 Å². The first-order valence-electron chi connectivity index (χ1n) is 11.0. The van der Waals surface area contributed by atoms with E-state index in [0.29, 0.717) is 56.1 Å². The molecule has 2 saturated heterocycles. The van der Waals surface area contributed by atoms with E-state index in [4.69, 9.17) is 4.74 Å². The molecule has 0 radical (unpaired) electrons. The maximum atomic E-state index is 12.9. The molecule has 0 saturated carbocycles. The van der Waals surface area contributed by atoms with Crippen molar-refractivity contribution in [2.45, 2.75) is 0 Å². The minimum atomic E-state index is -0.602. The summed E-state index contributed by atoms with van der Waals surface area (Å²) in [5, 5.41) is 5.98. The highest BCUT2D eigenvalue weighted by Crippen LogP contribution is 2.29. The van der Waals surface area contributed by atoms with Crippen molar-refractivity contribution in [2.24, 2.45) is 0 Å². The Morgan fingerprint density at radius 3 is 2.18 bits per heavy atom. The third-order valence-electron chi connectivity index (χ3n) is 5.90. The maximum absolute atomic E-state index is 12.9. The lowest BCUT2D eigenvalue weighted by Gasteiger charge is -2.37. The van der Waals surface area contributed by atoms with Crippen molar-refractivity contribution in [3.05, 3.63) is 53.9 Å². The van der Waals surface area contributed by atoms with Crippen LogP contribution in [-0.4, -0.2) is 92.2 Å². The second kappa shape index (κ2) is 10.3. The first-order valence-corrected chi connectivity index (χ1v) is 11.0. The van der Waals surface area contributed by atoms with Crippen molar-refractivity contribution in [3.63, 3.8) is 0 Å². The monoisotopic (exact) mass is 452 g/mol. The molecule has 3 heterocycles. The number of carbonyl (C=O) groups is 3. The van der Waals surface area contributed by atoms with Crippen LogP contribution >= 0.6 is 0 Å². The molecule has 1 aromatic heterocycles. The highest BCUT2D eigenvalue weighted by atomic mass is 16.5. The summed E-state index contributed by atoms with van der Waals surface area (Å²) in [6.07, 6.45) is 2.61. The minimum Gasteiger partial charge on any atom is -0.453 e. The van der Waals surface area contributed by atoms with Crippen molar-refractivity contribution in [1.82, 2.24) is 20.1 Å². The van der Waals surface area contributed by atoms with Crippen molar-refractivity contribution in [2.75, 3.05) is 69.7 Å². The first-order chi connectivity index (χ1) is 16.1. The third-order valence-corrected chi connectivity index (χ3v) is 5.90. The van der Waals surface area contributed by atoms with E-state index in [-0.39, 0.29) is 11.8 Å². The lowest BCUT2D eigenvalue weighted by Crippen LogP contribution is -2.49. The van der Waals surface area contributed by atoms with E-state index >= 15 is 0 Å². The number of anilines is 2. The summed E-state index contributed by atoms with van der Waals surface area (Å²) in [6, 6.07) is 8.76. The zero-order valence-corrected chi connectivity index (χ0v) is 18.6. The number of amides is 3. The quantitative estimate of drug-likeness (QED) is 0.719. The zero-order chi connectivity index (χ0) is 23.2. The van der Waals surface area contributed by atoms with Gasteiger partial charge in [-0.3, -0.25) is 19.9 Å². The second-order valence-electron chi connectivity index (χ2n) is 7.91. The maximum Gasteiger partial charge on any atom is 0.411 e. The van der Waals surface area contributed by atoms with Gasteiger partial charge in [0.05, 0.1) is 18.5 Å². The minimum absolute atomic E-state index is 0.0260. The molecule has 2 aliphatic rings. The number of pyridine rings is 1. The SMILES string of the molecule is COC(=O)Nc1cc(C(=O)N2CCNCC2)ccc1N1CCN(C(=O)c2ccncc2)CC1. The Morgan fingerprint density at radius 1 is 0.879 bits per heavy atom. The zero-order valence-electron chi connectivity index (χ0n) is 18.6. The van der Waals surface area contributed by atoms with Gasteiger partial charge in [0.1, 0.15) is 0 Å². The summed E-state index contributed by atoms with van der Waals surface area (Å²) in [7, 11) is 1.30. The van der Waals surface area contributed by atoms with Crippen molar-refractivity contribution in [3.8, 4) is 0 Å². The summed E-state index contributed by atoms with van der Waals surface area (Å²) in [6.45, 7) is 5.09. The van der Waals surface area contributed by atoms with Crippen molar-refractivity contribution in [1.29, 1.82) is 0 Å². The molecule has 2 aliphatic heterocycles. The molecular formula is C23H28N6O4.